The van der Waals surface area contributed by atoms with Gasteiger partial charge in [0.05, 0.1) is 0 Å². The van der Waals surface area contributed by atoms with E-state index in [1.54, 1.807) is 11.3 Å². The zero-order valence-corrected chi connectivity index (χ0v) is 10.2. The first kappa shape index (κ1) is 12.1. The van der Waals surface area contributed by atoms with Crippen molar-refractivity contribution in [2.75, 3.05) is 0 Å². The molecule has 0 aliphatic heterocycles. The molecule has 0 radical (unpaired) electrons. The lowest BCUT2D eigenvalue weighted by Crippen LogP contribution is -2.12. The summed E-state index contributed by atoms with van der Waals surface area (Å²) in [5, 5.41) is 4.07. The Bertz CT molecular complexity index is 491. The topological polar surface area (TPSA) is 24.9 Å². The normalized spacial score (nSPS) is 10.8. The summed E-state index contributed by atoms with van der Waals surface area (Å²) >= 11 is 1.61. The number of nitrogens with zero attached hydrogens (tertiary/aromatic N) is 1. The van der Waals surface area contributed by atoms with E-state index in [0.717, 1.165) is 16.0 Å². The summed E-state index contributed by atoms with van der Waals surface area (Å²) in [5.41, 5.74) is 0.593. The minimum atomic E-state index is -0.549. The van der Waals surface area contributed by atoms with Gasteiger partial charge in [-0.25, -0.2) is 13.8 Å². The van der Waals surface area contributed by atoms with E-state index in [0.29, 0.717) is 18.7 Å². The smallest absolute Gasteiger partial charge is 0.126 e. The maximum absolute atomic E-state index is 12.9. The Morgan fingerprint density at radius 1 is 1.18 bits per heavy atom. The van der Waals surface area contributed by atoms with Gasteiger partial charge in [0.25, 0.3) is 0 Å². The van der Waals surface area contributed by atoms with Gasteiger partial charge >= 0.3 is 0 Å². The SMILES string of the molecule is Cc1cnc(CNCc2cc(F)cc(F)c2)s1. The molecule has 0 saturated carbocycles. The first-order valence-electron chi connectivity index (χ1n) is 5.20. The van der Waals surface area contributed by atoms with Gasteiger partial charge in [0.1, 0.15) is 16.6 Å². The second kappa shape index (κ2) is 5.33. The lowest BCUT2D eigenvalue weighted by Gasteiger charge is -2.03. The van der Waals surface area contributed by atoms with Crippen molar-refractivity contribution in [1.29, 1.82) is 0 Å². The van der Waals surface area contributed by atoms with Crippen LogP contribution < -0.4 is 5.32 Å². The summed E-state index contributed by atoms with van der Waals surface area (Å²) < 4.78 is 25.8. The summed E-state index contributed by atoms with van der Waals surface area (Å²) in [5.74, 6) is -1.10. The van der Waals surface area contributed by atoms with Crippen LogP contribution in [-0.4, -0.2) is 4.98 Å². The van der Waals surface area contributed by atoms with Crippen LogP contribution in [0.25, 0.3) is 0 Å². The second-order valence-corrected chi connectivity index (χ2v) is 5.07. The second-order valence-electron chi connectivity index (χ2n) is 3.75. The zero-order valence-electron chi connectivity index (χ0n) is 9.34. The number of halogens is 2. The van der Waals surface area contributed by atoms with Gasteiger partial charge in [-0.1, -0.05) is 0 Å². The third-order valence-electron chi connectivity index (χ3n) is 2.20. The molecular formula is C12H12F2N2S. The maximum Gasteiger partial charge on any atom is 0.126 e. The van der Waals surface area contributed by atoms with Crippen LogP contribution in [0.2, 0.25) is 0 Å². The van der Waals surface area contributed by atoms with Crippen molar-refractivity contribution in [2.45, 2.75) is 20.0 Å². The molecule has 0 bridgehead atoms. The molecule has 17 heavy (non-hydrogen) atoms. The van der Waals surface area contributed by atoms with E-state index in [2.05, 4.69) is 10.3 Å². The van der Waals surface area contributed by atoms with E-state index in [-0.39, 0.29) is 0 Å². The highest BCUT2D eigenvalue weighted by Crippen LogP contribution is 2.11. The molecule has 0 atom stereocenters. The monoisotopic (exact) mass is 254 g/mol. The van der Waals surface area contributed by atoms with Crippen molar-refractivity contribution in [3.8, 4) is 0 Å². The summed E-state index contributed by atoms with van der Waals surface area (Å²) in [7, 11) is 0. The minimum absolute atomic E-state index is 0.424. The number of aromatic nitrogens is 1. The molecule has 0 aliphatic rings. The van der Waals surface area contributed by atoms with Gasteiger partial charge in [-0.15, -0.1) is 11.3 Å². The minimum Gasteiger partial charge on any atom is -0.306 e. The number of aryl methyl sites for hydroxylation is 1. The van der Waals surface area contributed by atoms with Crippen LogP contribution in [0.4, 0.5) is 8.78 Å². The van der Waals surface area contributed by atoms with Gasteiger partial charge in [0.15, 0.2) is 0 Å². The maximum atomic E-state index is 12.9. The average molecular weight is 254 g/mol. The third kappa shape index (κ3) is 3.57. The van der Waals surface area contributed by atoms with E-state index in [9.17, 15) is 8.78 Å². The largest absolute Gasteiger partial charge is 0.306 e. The number of nitrogens with one attached hydrogen (secondary N) is 1. The van der Waals surface area contributed by atoms with Crippen LogP contribution >= 0.6 is 11.3 Å². The molecule has 2 nitrogen and oxygen atoms in total. The molecule has 0 saturated heterocycles. The highest BCUT2D eigenvalue weighted by atomic mass is 32.1. The standard InChI is InChI=1S/C12H12F2N2S/c1-8-5-16-12(17-8)7-15-6-9-2-10(13)4-11(14)3-9/h2-5,15H,6-7H2,1H3. The lowest BCUT2D eigenvalue weighted by atomic mass is 10.2. The van der Waals surface area contributed by atoms with Crippen molar-refractivity contribution in [3.63, 3.8) is 0 Å². The molecule has 5 heteroatoms. The van der Waals surface area contributed by atoms with Gasteiger partial charge in [-0.3, -0.25) is 0 Å². The number of rotatable bonds is 4. The summed E-state index contributed by atoms with van der Waals surface area (Å²) in [4.78, 5) is 5.34. The number of benzene rings is 1. The van der Waals surface area contributed by atoms with Crippen molar-refractivity contribution >= 4 is 11.3 Å². The van der Waals surface area contributed by atoms with E-state index in [1.165, 1.54) is 12.1 Å². The predicted octanol–water partition coefficient (Wildman–Crippen LogP) is 3.02. The van der Waals surface area contributed by atoms with Crippen LogP contribution in [0, 0.1) is 18.6 Å². The highest BCUT2D eigenvalue weighted by molar-refractivity contribution is 7.11. The Morgan fingerprint density at radius 2 is 1.88 bits per heavy atom. The molecule has 1 aromatic heterocycles. The van der Waals surface area contributed by atoms with Gasteiger partial charge in [0, 0.05) is 30.2 Å². The average Bonchev–Trinajstić information content (AvgIpc) is 2.63. The van der Waals surface area contributed by atoms with Crippen LogP contribution in [0.5, 0.6) is 0 Å². The molecule has 2 rings (SSSR count). The molecule has 2 aromatic rings. The fourth-order valence-corrected chi connectivity index (χ4v) is 2.27. The fraction of sp³-hybridized carbons (Fsp3) is 0.250. The Labute approximate surface area is 102 Å². The van der Waals surface area contributed by atoms with Crippen LogP contribution in [0.3, 0.4) is 0 Å². The van der Waals surface area contributed by atoms with E-state index in [4.69, 9.17) is 0 Å². The molecule has 0 unspecified atom stereocenters. The summed E-state index contributed by atoms with van der Waals surface area (Å²) in [6, 6.07) is 3.51. The van der Waals surface area contributed by atoms with Gasteiger partial charge in [0.2, 0.25) is 0 Å². The third-order valence-corrected chi connectivity index (χ3v) is 3.11. The number of thiazole rings is 1. The van der Waals surface area contributed by atoms with Crippen molar-refractivity contribution in [2.24, 2.45) is 0 Å². The molecule has 0 fully saturated rings. The van der Waals surface area contributed by atoms with Gasteiger partial charge in [-0.05, 0) is 24.6 Å². The van der Waals surface area contributed by atoms with Gasteiger partial charge in [-0.2, -0.15) is 0 Å². The van der Waals surface area contributed by atoms with Crippen LogP contribution in [0.15, 0.2) is 24.4 Å². The Kier molecular flexibility index (Phi) is 3.81. The van der Waals surface area contributed by atoms with Gasteiger partial charge < -0.3 is 5.32 Å². The van der Waals surface area contributed by atoms with Crippen molar-refractivity contribution < 1.29 is 8.78 Å². The van der Waals surface area contributed by atoms with Crippen molar-refractivity contribution in [1.82, 2.24) is 10.3 Å². The molecule has 1 N–H and O–H groups in total. The number of hydrogen-bond acceptors (Lipinski definition) is 3. The zero-order chi connectivity index (χ0) is 12.3. The van der Waals surface area contributed by atoms with Crippen molar-refractivity contribution in [3.05, 3.63) is 51.5 Å². The fourth-order valence-electron chi connectivity index (χ4n) is 1.51. The summed E-state index contributed by atoms with van der Waals surface area (Å²) in [6.07, 6.45) is 1.81. The van der Waals surface area contributed by atoms with E-state index in [1.807, 2.05) is 13.1 Å². The molecule has 0 spiro atoms. The first-order chi connectivity index (χ1) is 8.13. The number of hydrogen-bond donors (Lipinski definition) is 1. The Morgan fingerprint density at radius 3 is 2.47 bits per heavy atom. The quantitative estimate of drug-likeness (QED) is 0.907. The molecule has 0 amide bonds. The van der Waals surface area contributed by atoms with E-state index < -0.39 is 11.6 Å². The molecule has 1 heterocycles. The Balaban J connectivity index is 1.89. The summed E-state index contributed by atoms with van der Waals surface area (Å²) in [6.45, 7) is 3.02. The van der Waals surface area contributed by atoms with E-state index >= 15 is 0 Å². The first-order valence-corrected chi connectivity index (χ1v) is 6.02. The molecule has 90 valence electrons. The van der Waals surface area contributed by atoms with Crippen LogP contribution in [0.1, 0.15) is 15.4 Å². The Hall–Kier alpha value is -1.33. The lowest BCUT2D eigenvalue weighted by molar-refractivity contribution is 0.575. The predicted molar refractivity (Wildman–Crippen MR) is 63.8 cm³/mol. The molecule has 0 aliphatic carbocycles. The van der Waals surface area contributed by atoms with Crippen LogP contribution in [-0.2, 0) is 13.1 Å². The highest BCUT2D eigenvalue weighted by Gasteiger charge is 2.01. The molecule has 1 aromatic carbocycles. The molecular weight excluding hydrogens is 242 g/mol.